The lowest BCUT2D eigenvalue weighted by molar-refractivity contribution is 0.325. The van der Waals surface area contributed by atoms with Gasteiger partial charge in [0.2, 0.25) is 0 Å². The highest BCUT2D eigenvalue weighted by atomic mass is 35.5. The minimum absolute atomic E-state index is 0.416. The van der Waals surface area contributed by atoms with Gasteiger partial charge in [-0.25, -0.2) is 0 Å². The first kappa shape index (κ1) is 15.7. The molecule has 2 nitrogen and oxygen atoms in total. The van der Waals surface area contributed by atoms with Crippen molar-refractivity contribution in [2.75, 3.05) is 6.61 Å². The lowest BCUT2D eigenvalue weighted by Gasteiger charge is -2.20. The Bertz CT molecular complexity index is 459. The molecule has 1 aromatic carbocycles. The Balaban J connectivity index is 2.21. The summed E-state index contributed by atoms with van der Waals surface area (Å²) in [6.07, 6.45) is 4.12. The fourth-order valence-electron chi connectivity index (χ4n) is 2.81. The van der Waals surface area contributed by atoms with Crippen LogP contribution in [0.3, 0.4) is 0 Å². The van der Waals surface area contributed by atoms with Gasteiger partial charge in [0.15, 0.2) is 0 Å². The minimum Gasteiger partial charge on any atom is -0.494 e. The molecule has 1 aliphatic rings. The van der Waals surface area contributed by atoms with Gasteiger partial charge in [-0.3, -0.25) is 0 Å². The van der Waals surface area contributed by atoms with Crippen LogP contribution in [-0.2, 0) is 4.74 Å². The van der Waals surface area contributed by atoms with Gasteiger partial charge in [0, 0.05) is 5.02 Å². The molecule has 0 N–H and O–H groups in total. The minimum atomic E-state index is 0.416. The van der Waals surface area contributed by atoms with E-state index in [1.165, 1.54) is 5.56 Å². The summed E-state index contributed by atoms with van der Waals surface area (Å²) >= 11 is 6.31. The summed E-state index contributed by atoms with van der Waals surface area (Å²) in [5, 5.41) is 0.825. The number of epoxide rings is 1. The Hall–Kier alpha value is -0.730. The number of halogens is 1. The van der Waals surface area contributed by atoms with E-state index in [1.807, 2.05) is 13.8 Å². The van der Waals surface area contributed by atoms with Crippen molar-refractivity contribution in [1.29, 1.82) is 0 Å². The van der Waals surface area contributed by atoms with Crippen molar-refractivity contribution < 1.29 is 9.47 Å². The van der Waals surface area contributed by atoms with Crippen molar-refractivity contribution in [2.24, 2.45) is 0 Å². The molecule has 0 saturated carbocycles. The molecule has 1 heterocycles. The number of ether oxygens (including phenoxy) is 2. The largest absolute Gasteiger partial charge is 0.494 e. The molecule has 1 saturated heterocycles. The molecule has 0 amide bonds. The molecule has 0 spiro atoms. The maximum absolute atomic E-state index is 6.31. The van der Waals surface area contributed by atoms with E-state index in [9.17, 15) is 0 Å². The van der Waals surface area contributed by atoms with Crippen molar-refractivity contribution in [2.45, 2.75) is 65.1 Å². The second-order valence-electron chi connectivity index (χ2n) is 5.53. The van der Waals surface area contributed by atoms with E-state index in [0.717, 1.165) is 35.6 Å². The molecule has 3 atom stereocenters. The number of aryl methyl sites for hydroxylation is 1. The van der Waals surface area contributed by atoms with Crippen LogP contribution in [0.15, 0.2) is 12.1 Å². The highest BCUT2D eigenvalue weighted by molar-refractivity contribution is 6.31. The first-order valence-electron chi connectivity index (χ1n) is 7.68. The average molecular weight is 297 g/mol. The standard InChI is InChI=1S/C17H25ClO2/c1-5-12(9-17-15(6-2)20-17)13-10-14(18)11(4)8-16(13)19-7-3/h8,10,12,15,17H,5-7,9H2,1-4H3. The van der Waals surface area contributed by atoms with E-state index in [1.54, 1.807) is 0 Å². The number of rotatable bonds is 7. The normalized spacial score (nSPS) is 22.6. The molecule has 112 valence electrons. The lowest BCUT2D eigenvalue weighted by atomic mass is 9.89. The first-order valence-corrected chi connectivity index (χ1v) is 8.06. The van der Waals surface area contributed by atoms with Gasteiger partial charge in [0.25, 0.3) is 0 Å². The van der Waals surface area contributed by atoms with Crippen LogP contribution < -0.4 is 4.74 Å². The third-order valence-electron chi connectivity index (χ3n) is 4.13. The molecule has 1 fully saturated rings. The average Bonchev–Trinajstić information content (AvgIpc) is 3.19. The second kappa shape index (κ2) is 6.82. The van der Waals surface area contributed by atoms with Crippen LogP contribution in [0.2, 0.25) is 5.02 Å². The highest BCUT2D eigenvalue weighted by Gasteiger charge is 2.38. The van der Waals surface area contributed by atoms with Crippen LogP contribution in [0.5, 0.6) is 5.75 Å². The molecule has 20 heavy (non-hydrogen) atoms. The van der Waals surface area contributed by atoms with Crippen LogP contribution in [0.25, 0.3) is 0 Å². The zero-order valence-corrected chi connectivity index (χ0v) is 13.7. The number of hydrogen-bond donors (Lipinski definition) is 0. The number of benzene rings is 1. The molecule has 3 unspecified atom stereocenters. The summed E-state index contributed by atoms with van der Waals surface area (Å²) in [7, 11) is 0. The quantitative estimate of drug-likeness (QED) is 0.652. The van der Waals surface area contributed by atoms with Gasteiger partial charge in [0.05, 0.1) is 18.8 Å². The van der Waals surface area contributed by atoms with Crippen molar-refractivity contribution in [3.63, 3.8) is 0 Å². The fraction of sp³-hybridized carbons (Fsp3) is 0.647. The predicted octanol–water partition coefficient (Wildman–Crippen LogP) is 5.11. The van der Waals surface area contributed by atoms with Gasteiger partial charge >= 0.3 is 0 Å². The van der Waals surface area contributed by atoms with Gasteiger partial charge < -0.3 is 9.47 Å². The summed E-state index contributed by atoms with van der Waals surface area (Å²) in [5.74, 6) is 1.44. The maximum Gasteiger partial charge on any atom is 0.123 e. The Morgan fingerprint density at radius 1 is 1.25 bits per heavy atom. The molecule has 0 bridgehead atoms. The van der Waals surface area contributed by atoms with Crippen LogP contribution >= 0.6 is 11.6 Å². The van der Waals surface area contributed by atoms with Gasteiger partial charge in [-0.15, -0.1) is 0 Å². The maximum atomic E-state index is 6.31. The number of hydrogen-bond acceptors (Lipinski definition) is 2. The first-order chi connectivity index (χ1) is 9.60. The highest BCUT2D eigenvalue weighted by Crippen LogP contribution is 2.40. The van der Waals surface area contributed by atoms with Gasteiger partial charge in [-0.1, -0.05) is 25.4 Å². The SMILES string of the molecule is CCOc1cc(C)c(Cl)cc1C(CC)CC1OC1CC. The molecule has 2 rings (SSSR count). The van der Waals surface area contributed by atoms with E-state index in [-0.39, 0.29) is 0 Å². The lowest BCUT2D eigenvalue weighted by Crippen LogP contribution is -2.07. The Morgan fingerprint density at radius 2 is 2.00 bits per heavy atom. The van der Waals surface area contributed by atoms with Crippen molar-refractivity contribution in [3.05, 3.63) is 28.3 Å². The zero-order chi connectivity index (χ0) is 14.7. The molecular formula is C17H25ClO2. The summed E-state index contributed by atoms with van der Waals surface area (Å²) in [5.41, 5.74) is 2.30. The van der Waals surface area contributed by atoms with Crippen LogP contribution in [0.1, 0.15) is 57.1 Å². The van der Waals surface area contributed by atoms with E-state index >= 15 is 0 Å². The van der Waals surface area contributed by atoms with E-state index in [0.29, 0.717) is 24.7 Å². The third-order valence-corrected chi connectivity index (χ3v) is 4.54. The predicted molar refractivity (Wildman–Crippen MR) is 84.0 cm³/mol. The van der Waals surface area contributed by atoms with Crippen molar-refractivity contribution in [3.8, 4) is 5.75 Å². The molecular weight excluding hydrogens is 272 g/mol. The monoisotopic (exact) mass is 296 g/mol. The van der Waals surface area contributed by atoms with Crippen LogP contribution in [-0.4, -0.2) is 18.8 Å². The van der Waals surface area contributed by atoms with E-state index in [4.69, 9.17) is 21.1 Å². The third kappa shape index (κ3) is 3.48. The fourth-order valence-corrected chi connectivity index (χ4v) is 2.98. The Morgan fingerprint density at radius 3 is 2.55 bits per heavy atom. The van der Waals surface area contributed by atoms with Gasteiger partial charge in [0.1, 0.15) is 5.75 Å². The van der Waals surface area contributed by atoms with Crippen LogP contribution in [0.4, 0.5) is 0 Å². The van der Waals surface area contributed by atoms with Gasteiger partial charge in [-0.2, -0.15) is 0 Å². The molecule has 0 radical (unpaired) electrons. The summed E-state index contributed by atoms with van der Waals surface area (Å²) in [6, 6.07) is 4.15. The van der Waals surface area contributed by atoms with Gasteiger partial charge in [-0.05, 0) is 62.3 Å². The smallest absolute Gasteiger partial charge is 0.123 e. The van der Waals surface area contributed by atoms with Crippen molar-refractivity contribution >= 4 is 11.6 Å². The summed E-state index contributed by atoms with van der Waals surface area (Å²) < 4.78 is 11.5. The molecule has 0 aromatic heterocycles. The second-order valence-corrected chi connectivity index (χ2v) is 5.94. The molecule has 1 aliphatic heterocycles. The van der Waals surface area contributed by atoms with E-state index in [2.05, 4.69) is 26.0 Å². The van der Waals surface area contributed by atoms with Crippen LogP contribution in [0, 0.1) is 6.92 Å². The summed E-state index contributed by atoms with van der Waals surface area (Å²) in [6.45, 7) is 9.12. The molecule has 1 aromatic rings. The topological polar surface area (TPSA) is 21.8 Å². The summed E-state index contributed by atoms with van der Waals surface area (Å²) in [4.78, 5) is 0. The Labute approximate surface area is 127 Å². The molecule has 3 heteroatoms. The zero-order valence-electron chi connectivity index (χ0n) is 12.9. The molecule has 0 aliphatic carbocycles. The van der Waals surface area contributed by atoms with Crippen molar-refractivity contribution in [1.82, 2.24) is 0 Å². The Kier molecular flexibility index (Phi) is 5.34. The van der Waals surface area contributed by atoms with E-state index < -0.39 is 0 Å².